The van der Waals surface area contributed by atoms with Crippen molar-refractivity contribution in [2.45, 2.75) is 32.0 Å². The predicted octanol–water partition coefficient (Wildman–Crippen LogP) is -0.218. The normalized spacial score (nSPS) is 26.2. The molecular formula is C14H23N5O3. The van der Waals surface area contributed by atoms with E-state index in [9.17, 15) is 4.79 Å². The summed E-state index contributed by atoms with van der Waals surface area (Å²) in [5.74, 6) is 1.45. The number of carbonyl (C=O) groups is 1. The first kappa shape index (κ1) is 15.4. The Labute approximate surface area is 129 Å². The zero-order chi connectivity index (χ0) is 15.4. The van der Waals surface area contributed by atoms with Crippen LogP contribution < -0.4 is 5.32 Å². The SMILES string of the molecule is Cc1nc([C@H]2CN(CC(=O)NC[C@H]3CCCO3)CCO2)n[nH]1. The lowest BCUT2D eigenvalue weighted by atomic mass is 10.2. The minimum atomic E-state index is -0.176. The summed E-state index contributed by atoms with van der Waals surface area (Å²) in [7, 11) is 0. The summed E-state index contributed by atoms with van der Waals surface area (Å²) in [4.78, 5) is 18.4. The van der Waals surface area contributed by atoms with Crippen LogP contribution in [0.2, 0.25) is 0 Å². The van der Waals surface area contributed by atoms with Gasteiger partial charge in [-0.3, -0.25) is 14.8 Å². The van der Waals surface area contributed by atoms with E-state index in [1.54, 1.807) is 0 Å². The second-order valence-corrected chi connectivity index (χ2v) is 5.81. The molecule has 122 valence electrons. The van der Waals surface area contributed by atoms with Crippen molar-refractivity contribution < 1.29 is 14.3 Å². The average molecular weight is 309 g/mol. The van der Waals surface area contributed by atoms with E-state index in [1.807, 2.05) is 6.92 Å². The van der Waals surface area contributed by atoms with E-state index >= 15 is 0 Å². The number of rotatable bonds is 5. The van der Waals surface area contributed by atoms with E-state index in [4.69, 9.17) is 9.47 Å². The monoisotopic (exact) mass is 309 g/mol. The van der Waals surface area contributed by atoms with E-state index in [1.165, 1.54) is 0 Å². The first-order valence-corrected chi connectivity index (χ1v) is 7.82. The number of aromatic amines is 1. The molecule has 2 aliphatic heterocycles. The molecule has 0 bridgehead atoms. The molecule has 2 atom stereocenters. The molecule has 22 heavy (non-hydrogen) atoms. The molecule has 3 heterocycles. The van der Waals surface area contributed by atoms with Crippen LogP contribution in [0.1, 0.15) is 30.6 Å². The number of ether oxygens (including phenoxy) is 2. The Morgan fingerprint density at radius 3 is 3.09 bits per heavy atom. The Balaban J connectivity index is 1.44. The van der Waals surface area contributed by atoms with Gasteiger partial charge in [-0.1, -0.05) is 0 Å². The Kier molecular flexibility index (Phi) is 5.01. The Bertz CT molecular complexity index is 500. The van der Waals surface area contributed by atoms with Crippen LogP contribution in [0.5, 0.6) is 0 Å². The molecule has 2 N–H and O–H groups in total. The fraction of sp³-hybridized carbons (Fsp3) is 0.786. The predicted molar refractivity (Wildman–Crippen MR) is 78.2 cm³/mol. The van der Waals surface area contributed by atoms with E-state index in [-0.39, 0.29) is 18.1 Å². The summed E-state index contributed by atoms with van der Waals surface area (Å²) >= 11 is 0. The van der Waals surface area contributed by atoms with Crippen molar-refractivity contribution in [3.8, 4) is 0 Å². The van der Waals surface area contributed by atoms with Crippen molar-refractivity contribution in [2.24, 2.45) is 0 Å². The van der Waals surface area contributed by atoms with Crippen molar-refractivity contribution >= 4 is 5.91 Å². The molecule has 2 aliphatic rings. The molecule has 0 aliphatic carbocycles. The van der Waals surface area contributed by atoms with Gasteiger partial charge < -0.3 is 14.8 Å². The maximum Gasteiger partial charge on any atom is 0.234 e. The molecular weight excluding hydrogens is 286 g/mol. The maximum absolute atomic E-state index is 12.0. The zero-order valence-corrected chi connectivity index (χ0v) is 12.9. The van der Waals surface area contributed by atoms with Crippen LogP contribution in [0.25, 0.3) is 0 Å². The first-order valence-electron chi connectivity index (χ1n) is 7.82. The number of H-pyrrole nitrogens is 1. The third kappa shape index (κ3) is 4.02. The van der Waals surface area contributed by atoms with Crippen LogP contribution in [-0.2, 0) is 14.3 Å². The van der Waals surface area contributed by atoms with E-state index in [0.717, 1.165) is 31.8 Å². The standard InChI is InChI=1S/C14H23N5O3/c1-10-16-14(18-17-10)12-8-19(4-6-22-12)9-13(20)15-7-11-3-2-5-21-11/h11-12H,2-9H2,1H3,(H,15,20)(H,16,17,18)/t11-,12-/m1/s1. The first-order chi connectivity index (χ1) is 10.7. The minimum Gasteiger partial charge on any atom is -0.376 e. The maximum atomic E-state index is 12.0. The fourth-order valence-electron chi connectivity index (χ4n) is 2.80. The highest BCUT2D eigenvalue weighted by Crippen LogP contribution is 2.18. The van der Waals surface area contributed by atoms with Gasteiger partial charge in [0, 0.05) is 26.2 Å². The molecule has 0 spiro atoms. The summed E-state index contributed by atoms with van der Waals surface area (Å²) in [6, 6.07) is 0. The van der Waals surface area contributed by atoms with Crippen LogP contribution >= 0.6 is 0 Å². The third-order valence-electron chi connectivity index (χ3n) is 3.97. The molecule has 8 nitrogen and oxygen atoms in total. The molecule has 2 fully saturated rings. The second kappa shape index (κ2) is 7.17. The highest BCUT2D eigenvalue weighted by molar-refractivity contribution is 5.78. The van der Waals surface area contributed by atoms with Crippen molar-refractivity contribution in [3.63, 3.8) is 0 Å². The van der Waals surface area contributed by atoms with E-state index in [2.05, 4.69) is 25.4 Å². The smallest absolute Gasteiger partial charge is 0.234 e. The summed E-state index contributed by atoms with van der Waals surface area (Å²) in [6.07, 6.45) is 2.12. The Hall–Kier alpha value is -1.51. The minimum absolute atomic E-state index is 0.0299. The van der Waals surface area contributed by atoms with Crippen LogP contribution in [0, 0.1) is 6.92 Å². The van der Waals surface area contributed by atoms with Crippen molar-refractivity contribution in [2.75, 3.05) is 39.4 Å². The molecule has 3 rings (SSSR count). The third-order valence-corrected chi connectivity index (χ3v) is 3.97. The van der Waals surface area contributed by atoms with Gasteiger partial charge >= 0.3 is 0 Å². The van der Waals surface area contributed by atoms with Crippen molar-refractivity contribution in [1.29, 1.82) is 0 Å². The molecule has 0 saturated carbocycles. The number of amides is 1. The van der Waals surface area contributed by atoms with E-state index in [0.29, 0.717) is 32.1 Å². The largest absolute Gasteiger partial charge is 0.376 e. The van der Waals surface area contributed by atoms with Gasteiger partial charge in [-0.25, -0.2) is 4.98 Å². The van der Waals surface area contributed by atoms with Gasteiger partial charge in [0.25, 0.3) is 0 Å². The van der Waals surface area contributed by atoms with E-state index < -0.39 is 0 Å². The molecule has 0 aromatic carbocycles. The summed E-state index contributed by atoms with van der Waals surface area (Å²) in [5.41, 5.74) is 0. The topological polar surface area (TPSA) is 92.4 Å². The number of aryl methyl sites for hydroxylation is 1. The lowest BCUT2D eigenvalue weighted by molar-refractivity contribution is -0.125. The summed E-state index contributed by atoms with van der Waals surface area (Å²) in [5, 5.41) is 9.90. The van der Waals surface area contributed by atoms with Crippen molar-refractivity contribution in [1.82, 2.24) is 25.4 Å². The molecule has 1 aromatic heterocycles. The number of morpholine rings is 1. The number of hydrogen-bond acceptors (Lipinski definition) is 6. The zero-order valence-electron chi connectivity index (χ0n) is 12.9. The molecule has 0 radical (unpaired) electrons. The number of aromatic nitrogens is 3. The van der Waals surface area contributed by atoms with Gasteiger partial charge in [0.05, 0.1) is 19.3 Å². The van der Waals surface area contributed by atoms with Crippen LogP contribution in [0.4, 0.5) is 0 Å². The van der Waals surface area contributed by atoms with Gasteiger partial charge in [0.2, 0.25) is 5.91 Å². The van der Waals surface area contributed by atoms with Crippen LogP contribution in [0.3, 0.4) is 0 Å². The number of nitrogens with one attached hydrogen (secondary N) is 2. The van der Waals surface area contributed by atoms with Gasteiger partial charge in [0.15, 0.2) is 5.82 Å². The lowest BCUT2D eigenvalue weighted by Crippen LogP contribution is -2.45. The van der Waals surface area contributed by atoms with Crippen LogP contribution in [0.15, 0.2) is 0 Å². The summed E-state index contributed by atoms with van der Waals surface area (Å²) in [6.45, 7) is 5.59. The van der Waals surface area contributed by atoms with Gasteiger partial charge in [0.1, 0.15) is 11.9 Å². The number of hydrogen-bond donors (Lipinski definition) is 2. The number of carbonyl (C=O) groups excluding carboxylic acids is 1. The second-order valence-electron chi connectivity index (χ2n) is 5.81. The fourth-order valence-corrected chi connectivity index (χ4v) is 2.80. The molecule has 2 saturated heterocycles. The quantitative estimate of drug-likeness (QED) is 0.781. The number of nitrogens with zero attached hydrogens (tertiary/aromatic N) is 3. The highest BCUT2D eigenvalue weighted by atomic mass is 16.5. The molecule has 8 heteroatoms. The summed E-state index contributed by atoms with van der Waals surface area (Å²) < 4.78 is 11.2. The molecule has 1 aromatic rings. The Morgan fingerprint density at radius 1 is 1.45 bits per heavy atom. The highest BCUT2D eigenvalue weighted by Gasteiger charge is 2.26. The average Bonchev–Trinajstić information content (AvgIpc) is 3.17. The van der Waals surface area contributed by atoms with Gasteiger partial charge in [-0.05, 0) is 19.8 Å². The van der Waals surface area contributed by atoms with Gasteiger partial charge in [-0.15, -0.1) is 0 Å². The Morgan fingerprint density at radius 2 is 2.36 bits per heavy atom. The molecule has 1 amide bonds. The van der Waals surface area contributed by atoms with Crippen molar-refractivity contribution in [3.05, 3.63) is 11.6 Å². The van der Waals surface area contributed by atoms with Gasteiger partial charge in [-0.2, -0.15) is 5.10 Å². The lowest BCUT2D eigenvalue weighted by Gasteiger charge is -2.31. The molecule has 0 unspecified atom stereocenters. The van der Waals surface area contributed by atoms with Crippen LogP contribution in [-0.4, -0.2) is 71.5 Å².